The third-order valence-corrected chi connectivity index (χ3v) is 4.18. The van der Waals surface area contributed by atoms with Crippen molar-refractivity contribution in [2.75, 3.05) is 6.54 Å². The Labute approximate surface area is 147 Å². The van der Waals surface area contributed by atoms with E-state index in [1.165, 1.54) is 51.4 Å². The van der Waals surface area contributed by atoms with E-state index in [1.54, 1.807) is 0 Å². The van der Waals surface area contributed by atoms with Gasteiger partial charge in [-0.3, -0.25) is 9.59 Å². The first-order chi connectivity index (χ1) is 11.4. The topological polar surface area (TPSA) is 86.6 Å². The molecule has 1 atom stereocenters. The Morgan fingerprint density at radius 3 is 1.75 bits per heavy atom. The van der Waals surface area contributed by atoms with Crippen molar-refractivity contribution in [2.24, 2.45) is 5.92 Å². The summed E-state index contributed by atoms with van der Waals surface area (Å²) >= 11 is 0. The molecular weight excluding hydrogens is 306 g/mol. The van der Waals surface area contributed by atoms with Crippen molar-refractivity contribution >= 4 is 11.9 Å². The van der Waals surface area contributed by atoms with Gasteiger partial charge in [0.05, 0.1) is 12.5 Å². The Balaban J connectivity index is 3.31. The van der Waals surface area contributed by atoms with Crippen molar-refractivity contribution in [3.63, 3.8) is 0 Å². The summed E-state index contributed by atoms with van der Waals surface area (Å²) in [5.41, 5.74) is 0. The fourth-order valence-electron chi connectivity index (χ4n) is 2.73. The van der Waals surface area contributed by atoms with Gasteiger partial charge in [-0.1, -0.05) is 78.1 Å². The lowest BCUT2D eigenvalue weighted by Gasteiger charge is -2.10. The molecule has 3 N–H and O–H groups in total. The number of aliphatic hydroxyl groups is 1. The van der Waals surface area contributed by atoms with E-state index in [1.807, 2.05) is 0 Å². The molecule has 0 radical (unpaired) electrons. The number of carbonyl (C=O) groups excluding carboxylic acids is 1. The molecule has 24 heavy (non-hydrogen) atoms. The largest absolute Gasteiger partial charge is 0.480 e. The molecule has 0 aromatic carbocycles. The van der Waals surface area contributed by atoms with Crippen LogP contribution in [0.3, 0.4) is 0 Å². The zero-order valence-electron chi connectivity index (χ0n) is 15.6. The van der Waals surface area contributed by atoms with Crippen molar-refractivity contribution < 1.29 is 19.8 Å². The second-order valence-corrected chi connectivity index (χ2v) is 7.18. The van der Waals surface area contributed by atoms with Crippen LogP contribution in [0, 0.1) is 5.92 Å². The number of carboxylic acids is 1. The molecule has 0 saturated heterocycles. The Hall–Kier alpha value is -1.10. The van der Waals surface area contributed by atoms with Crippen LogP contribution in [0.15, 0.2) is 0 Å². The highest BCUT2D eigenvalue weighted by atomic mass is 16.4. The number of aliphatic hydroxyl groups excluding tert-OH is 1. The van der Waals surface area contributed by atoms with Crippen LogP contribution < -0.4 is 5.32 Å². The minimum Gasteiger partial charge on any atom is -0.480 e. The lowest BCUT2D eigenvalue weighted by molar-refractivity contribution is -0.138. The number of unbranched alkanes of at least 4 members (excludes halogenated alkanes) is 8. The zero-order chi connectivity index (χ0) is 18.2. The number of nitrogens with one attached hydrogen (secondary N) is 1. The number of rotatable bonds is 16. The molecule has 0 bridgehead atoms. The highest BCUT2D eigenvalue weighted by molar-refractivity contribution is 5.81. The minimum atomic E-state index is -1.07. The molecule has 1 unspecified atom stereocenters. The number of hydrogen-bond donors (Lipinski definition) is 3. The monoisotopic (exact) mass is 343 g/mol. The molecule has 0 fully saturated rings. The molecule has 0 spiro atoms. The van der Waals surface area contributed by atoms with Crippen LogP contribution >= 0.6 is 0 Å². The van der Waals surface area contributed by atoms with E-state index in [9.17, 15) is 14.7 Å². The SMILES string of the molecule is CC(C)CCCCCCCCCCCC(O)CC(=O)NCC(=O)O. The van der Waals surface area contributed by atoms with E-state index in [-0.39, 0.29) is 13.0 Å². The number of amides is 1. The Kier molecular flexibility index (Phi) is 14.7. The summed E-state index contributed by atoms with van der Waals surface area (Å²) in [7, 11) is 0. The van der Waals surface area contributed by atoms with Crippen LogP contribution in [-0.2, 0) is 9.59 Å². The van der Waals surface area contributed by atoms with Crippen molar-refractivity contribution in [1.82, 2.24) is 5.32 Å². The minimum absolute atomic E-state index is 0.0103. The summed E-state index contributed by atoms with van der Waals surface area (Å²) in [6, 6.07) is 0. The Morgan fingerprint density at radius 1 is 0.833 bits per heavy atom. The van der Waals surface area contributed by atoms with Gasteiger partial charge in [-0.25, -0.2) is 0 Å². The smallest absolute Gasteiger partial charge is 0.322 e. The van der Waals surface area contributed by atoms with Gasteiger partial charge >= 0.3 is 5.97 Å². The quantitative estimate of drug-likeness (QED) is 0.371. The predicted molar refractivity (Wildman–Crippen MR) is 96.9 cm³/mol. The molecule has 5 nitrogen and oxygen atoms in total. The van der Waals surface area contributed by atoms with Crippen LogP contribution in [0.2, 0.25) is 0 Å². The van der Waals surface area contributed by atoms with Gasteiger partial charge in [0.2, 0.25) is 5.91 Å². The molecular formula is C19H37NO4. The van der Waals surface area contributed by atoms with Crippen molar-refractivity contribution in [1.29, 1.82) is 0 Å². The zero-order valence-corrected chi connectivity index (χ0v) is 15.6. The molecule has 0 aromatic heterocycles. The summed E-state index contributed by atoms with van der Waals surface area (Å²) in [5.74, 6) is -0.649. The standard InChI is InChI=1S/C19H37NO4/c1-16(2)12-10-8-6-4-3-5-7-9-11-13-17(21)14-18(22)20-15-19(23)24/h16-17,21H,3-15H2,1-2H3,(H,20,22)(H,23,24). The highest BCUT2D eigenvalue weighted by Gasteiger charge is 2.11. The van der Waals surface area contributed by atoms with Crippen molar-refractivity contribution in [3.8, 4) is 0 Å². The molecule has 0 aliphatic rings. The van der Waals surface area contributed by atoms with E-state index in [0.717, 1.165) is 18.8 Å². The molecule has 5 heteroatoms. The van der Waals surface area contributed by atoms with E-state index >= 15 is 0 Å². The van der Waals surface area contributed by atoms with Crippen LogP contribution in [0.25, 0.3) is 0 Å². The number of aliphatic carboxylic acids is 1. The molecule has 0 aromatic rings. The number of hydrogen-bond acceptors (Lipinski definition) is 3. The summed E-state index contributed by atoms with van der Waals surface area (Å²) in [6.07, 6.45) is 12.4. The number of carboxylic acid groups (broad SMARTS) is 1. The fourth-order valence-corrected chi connectivity index (χ4v) is 2.73. The number of carbonyl (C=O) groups is 2. The van der Waals surface area contributed by atoms with Crippen LogP contribution in [0.5, 0.6) is 0 Å². The average molecular weight is 344 g/mol. The van der Waals surface area contributed by atoms with Gasteiger partial charge in [-0.05, 0) is 12.3 Å². The fraction of sp³-hybridized carbons (Fsp3) is 0.895. The third-order valence-electron chi connectivity index (χ3n) is 4.18. The van der Waals surface area contributed by atoms with Gasteiger partial charge in [-0.2, -0.15) is 0 Å². The van der Waals surface area contributed by atoms with Gasteiger partial charge in [-0.15, -0.1) is 0 Å². The second kappa shape index (κ2) is 15.4. The van der Waals surface area contributed by atoms with Crippen LogP contribution in [0.1, 0.15) is 90.9 Å². The summed E-state index contributed by atoms with van der Waals surface area (Å²) in [6.45, 7) is 4.17. The maximum Gasteiger partial charge on any atom is 0.322 e. The summed E-state index contributed by atoms with van der Waals surface area (Å²) in [5, 5.41) is 20.4. The van der Waals surface area contributed by atoms with E-state index in [0.29, 0.717) is 6.42 Å². The Morgan fingerprint density at radius 2 is 1.29 bits per heavy atom. The molecule has 0 rings (SSSR count). The van der Waals surface area contributed by atoms with Crippen molar-refractivity contribution in [3.05, 3.63) is 0 Å². The van der Waals surface area contributed by atoms with E-state index in [2.05, 4.69) is 19.2 Å². The predicted octanol–water partition coefficient (Wildman–Crippen LogP) is 3.89. The Bertz CT molecular complexity index is 331. The van der Waals surface area contributed by atoms with E-state index in [4.69, 9.17) is 5.11 Å². The van der Waals surface area contributed by atoms with Crippen molar-refractivity contribution in [2.45, 2.75) is 97.0 Å². The molecule has 142 valence electrons. The average Bonchev–Trinajstić information content (AvgIpc) is 2.50. The normalized spacial score (nSPS) is 12.3. The first-order valence-electron chi connectivity index (χ1n) is 9.58. The van der Waals surface area contributed by atoms with Gasteiger partial charge in [0.25, 0.3) is 0 Å². The first-order valence-corrected chi connectivity index (χ1v) is 9.58. The molecule has 0 aliphatic carbocycles. The summed E-state index contributed by atoms with van der Waals surface area (Å²) < 4.78 is 0. The van der Waals surface area contributed by atoms with Gasteiger partial charge < -0.3 is 15.5 Å². The first kappa shape index (κ1) is 22.9. The molecule has 1 amide bonds. The maximum atomic E-state index is 11.3. The molecule has 0 saturated carbocycles. The lowest BCUT2D eigenvalue weighted by Crippen LogP contribution is -2.31. The van der Waals surface area contributed by atoms with Crippen LogP contribution in [-0.4, -0.2) is 34.7 Å². The molecule has 0 heterocycles. The van der Waals surface area contributed by atoms with Gasteiger partial charge in [0, 0.05) is 0 Å². The lowest BCUT2D eigenvalue weighted by atomic mass is 10.0. The van der Waals surface area contributed by atoms with Gasteiger partial charge in [0.1, 0.15) is 6.54 Å². The van der Waals surface area contributed by atoms with Gasteiger partial charge in [0.15, 0.2) is 0 Å². The van der Waals surface area contributed by atoms with Crippen LogP contribution in [0.4, 0.5) is 0 Å². The maximum absolute atomic E-state index is 11.3. The van der Waals surface area contributed by atoms with E-state index < -0.39 is 18.0 Å². The second-order valence-electron chi connectivity index (χ2n) is 7.18. The third kappa shape index (κ3) is 17.3. The molecule has 0 aliphatic heterocycles. The summed E-state index contributed by atoms with van der Waals surface area (Å²) in [4.78, 5) is 21.7. The highest BCUT2D eigenvalue weighted by Crippen LogP contribution is 2.14.